The van der Waals surface area contributed by atoms with Gasteiger partial charge in [-0.05, 0) is 44.1 Å². The number of thioether (sulfide) groups is 1. The van der Waals surface area contributed by atoms with Crippen LogP contribution in [0.5, 0.6) is 0 Å². The second-order valence-corrected chi connectivity index (χ2v) is 5.87. The average molecular weight is 236 g/mol. The predicted molar refractivity (Wildman–Crippen MR) is 72.7 cm³/mol. The Labute approximate surface area is 102 Å². The van der Waals surface area contributed by atoms with Gasteiger partial charge >= 0.3 is 0 Å². The highest BCUT2D eigenvalue weighted by Gasteiger charge is 2.17. The van der Waals surface area contributed by atoms with Gasteiger partial charge in [0.15, 0.2) is 0 Å². The van der Waals surface area contributed by atoms with Gasteiger partial charge in [0, 0.05) is 23.2 Å². The highest BCUT2D eigenvalue weighted by Crippen LogP contribution is 2.25. The number of piperidine rings is 1. The van der Waals surface area contributed by atoms with E-state index in [1.165, 1.54) is 31.5 Å². The third kappa shape index (κ3) is 3.42. The van der Waals surface area contributed by atoms with Gasteiger partial charge in [-0.15, -0.1) is 0 Å². The molecule has 1 aromatic rings. The minimum Gasteiger partial charge on any atom is -0.399 e. The first-order chi connectivity index (χ1) is 7.74. The van der Waals surface area contributed by atoms with Crippen LogP contribution in [-0.4, -0.2) is 30.3 Å². The molecule has 1 aliphatic heterocycles. The molecule has 0 saturated carbocycles. The summed E-state index contributed by atoms with van der Waals surface area (Å²) in [6, 6.07) is 8.23. The van der Waals surface area contributed by atoms with Gasteiger partial charge in [0.05, 0.1) is 0 Å². The van der Waals surface area contributed by atoms with E-state index >= 15 is 0 Å². The second kappa shape index (κ2) is 5.60. The van der Waals surface area contributed by atoms with E-state index in [0.717, 1.165) is 16.7 Å². The lowest BCUT2D eigenvalue weighted by Crippen LogP contribution is -2.33. The van der Waals surface area contributed by atoms with Crippen molar-refractivity contribution < 1.29 is 0 Å². The number of hydrogen-bond acceptors (Lipinski definition) is 3. The molecule has 2 nitrogen and oxygen atoms in total. The van der Waals surface area contributed by atoms with Crippen LogP contribution in [0.4, 0.5) is 5.69 Å². The summed E-state index contributed by atoms with van der Waals surface area (Å²) in [5.74, 6) is 1.09. The predicted octanol–water partition coefficient (Wildman–Crippen LogP) is 2.60. The minimum atomic E-state index is 0.792. The zero-order chi connectivity index (χ0) is 11.4. The fourth-order valence-electron chi connectivity index (χ4n) is 2.15. The molecule has 16 heavy (non-hydrogen) atoms. The van der Waals surface area contributed by atoms with E-state index in [0.29, 0.717) is 0 Å². The van der Waals surface area contributed by atoms with Gasteiger partial charge in [-0.25, -0.2) is 0 Å². The molecule has 2 rings (SSSR count). The number of hydrogen-bond donors (Lipinski definition) is 1. The summed E-state index contributed by atoms with van der Waals surface area (Å²) in [7, 11) is 2.22. The lowest BCUT2D eigenvalue weighted by Gasteiger charge is -2.29. The summed E-state index contributed by atoms with van der Waals surface area (Å²) >= 11 is 2.07. The molecule has 2 N–H and O–H groups in total. The molecule has 1 fully saturated rings. The van der Waals surface area contributed by atoms with Gasteiger partial charge in [0.1, 0.15) is 0 Å². The van der Waals surface area contributed by atoms with Gasteiger partial charge in [-0.2, -0.15) is 11.8 Å². The lowest BCUT2D eigenvalue weighted by molar-refractivity contribution is 0.283. The van der Waals surface area contributed by atoms with Crippen LogP contribution in [-0.2, 0) is 5.75 Å². The van der Waals surface area contributed by atoms with Crippen molar-refractivity contribution in [1.29, 1.82) is 0 Å². The van der Waals surface area contributed by atoms with Crippen LogP contribution in [0, 0.1) is 0 Å². The number of likely N-dealkylation sites (tertiary alicyclic amines) is 1. The first kappa shape index (κ1) is 11.8. The maximum Gasteiger partial charge on any atom is 0.0317 e. The van der Waals surface area contributed by atoms with Crippen molar-refractivity contribution >= 4 is 17.4 Å². The van der Waals surface area contributed by atoms with E-state index in [4.69, 9.17) is 5.73 Å². The van der Waals surface area contributed by atoms with Crippen LogP contribution < -0.4 is 5.73 Å². The largest absolute Gasteiger partial charge is 0.399 e. The SMILES string of the molecule is CN1CCCC(SCc2cccc(N)c2)C1. The topological polar surface area (TPSA) is 29.3 Å². The van der Waals surface area contributed by atoms with Crippen LogP contribution in [0.15, 0.2) is 24.3 Å². The van der Waals surface area contributed by atoms with Crippen LogP contribution in [0.2, 0.25) is 0 Å². The third-order valence-corrected chi connectivity index (χ3v) is 4.37. The van der Waals surface area contributed by atoms with E-state index in [9.17, 15) is 0 Å². The van der Waals surface area contributed by atoms with E-state index < -0.39 is 0 Å². The molecule has 1 heterocycles. The van der Waals surface area contributed by atoms with Gasteiger partial charge < -0.3 is 10.6 Å². The summed E-state index contributed by atoms with van der Waals surface area (Å²) in [4.78, 5) is 2.43. The fourth-order valence-corrected chi connectivity index (χ4v) is 3.45. The Kier molecular flexibility index (Phi) is 4.13. The standard InChI is InChI=1S/C13H20N2S/c1-15-7-3-6-13(9-15)16-10-11-4-2-5-12(14)8-11/h2,4-5,8,13H,3,6-7,9-10,14H2,1H3. The Balaban J connectivity index is 1.82. The molecule has 0 radical (unpaired) electrons. The molecule has 0 amide bonds. The Morgan fingerprint density at radius 2 is 2.38 bits per heavy atom. The third-order valence-electron chi connectivity index (χ3n) is 3.02. The van der Waals surface area contributed by atoms with Crippen LogP contribution in [0.3, 0.4) is 0 Å². The highest BCUT2D eigenvalue weighted by molar-refractivity contribution is 7.99. The summed E-state index contributed by atoms with van der Waals surface area (Å²) in [5.41, 5.74) is 7.99. The van der Waals surface area contributed by atoms with Gasteiger partial charge in [-0.3, -0.25) is 0 Å². The van der Waals surface area contributed by atoms with Crippen LogP contribution >= 0.6 is 11.8 Å². The molecule has 1 saturated heterocycles. The number of rotatable bonds is 3. The molecule has 1 aromatic carbocycles. The van der Waals surface area contributed by atoms with E-state index in [1.54, 1.807) is 0 Å². The van der Waals surface area contributed by atoms with Crippen molar-refractivity contribution in [3.63, 3.8) is 0 Å². The van der Waals surface area contributed by atoms with Gasteiger partial charge in [0.25, 0.3) is 0 Å². The molecular formula is C13H20N2S. The van der Waals surface area contributed by atoms with Crippen molar-refractivity contribution in [3.05, 3.63) is 29.8 Å². The fraction of sp³-hybridized carbons (Fsp3) is 0.538. The molecular weight excluding hydrogens is 216 g/mol. The number of nitrogens with zero attached hydrogens (tertiary/aromatic N) is 1. The van der Waals surface area contributed by atoms with Crippen molar-refractivity contribution in [2.75, 3.05) is 25.9 Å². The lowest BCUT2D eigenvalue weighted by atomic mass is 10.1. The molecule has 1 atom stereocenters. The summed E-state index contributed by atoms with van der Waals surface area (Å²) in [6.45, 7) is 2.49. The average Bonchev–Trinajstić information content (AvgIpc) is 2.27. The smallest absolute Gasteiger partial charge is 0.0317 e. The number of nitrogens with two attached hydrogens (primary N) is 1. The molecule has 0 aliphatic carbocycles. The van der Waals surface area contributed by atoms with Gasteiger partial charge in [0.2, 0.25) is 0 Å². The van der Waals surface area contributed by atoms with E-state index in [1.807, 2.05) is 12.1 Å². The van der Waals surface area contributed by atoms with E-state index in [-0.39, 0.29) is 0 Å². The zero-order valence-corrected chi connectivity index (χ0v) is 10.7. The van der Waals surface area contributed by atoms with Crippen molar-refractivity contribution in [1.82, 2.24) is 4.90 Å². The molecule has 1 unspecified atom stereocenters. The number of benzene rings is 1. The Morgan fingerprint density at radius 3 is 3.12 bits per heavy atom. The molecule has 0 aromatic heterocycles. The Hall–Kier alpha value is -0.670. The molecule has 3 heteroatoms. The molecule has 1 aliphatic rings. The first-order valence-electron chi connectivity index (χ1n) is 5.88. The summed E-state index contributed by atoms with van der Waals surface area (Å²) < 4.78 is 0. The maximum absolute atomic E-state index is 5.77. The minimum absolute atomic E-state index is 0.792. The van der Waals surface area contributed by atoms with Crippen molar-refractivity contribution in [2.45, 2.75) is 23.8 Å². The van der Waals surface area contributed by atoms with Crippen LogP contribution in [0.25, 0.3) is 0 Å². The molecule has 0 spiro atoms. The Morgan fingerprint density at radius 1 is 1.50 bits per heavy atom. The van der Waals surface area contributed by atoms with Crippen molar-refractivity contribution in [3.8, 4) is 0 Å². The summed E-state index contributed by atoms with van der Waals surface area (Å²) in [5, 5.41) is 0.792. The molecule has 88 valence electrons. The van der Waals surface area contributed by atoms with Gasteiger partial charge in [-0.1, -0.05) is 12.1 Å². The normalized spacial score (nSPS) is 22.2. The quantitative estimate of drug-likeness (QED) is 0.818. The molecule has 0 bridgehead atoms. The number of nitrogen functional groups attached to an aromatic ring is 1. The number of anilines is 1. The highest BCUT2D eigenvalue weighted by atomic mass is 32.2. The summed E-state index contributed by atoms with van der Waals surface area (Å²) in [6.07, 6.45) is 2.70. The Bertz CT molecular complexity index is 340. The van der Waals surface area contributed by atoms with Crippen LogP contribution in [0.1, 0.15) is 18.4 Å². The zero-order valence-electron chi connectivity index (χ0n) is 9.86. The van der Waals surface area contributed by atoms with Crippen molar-refractivity contribution in [2.24, 2.45) is 0 Å². The monoisotopic (exact) mass is 236 g/mol. The maximum atomic E-state index is 5.77. The van der Waals surface area contributed by atoms with E-state index in [2.05, 4.69) is 35.8 Å². The first-order valence-corrected chi connectivity index (χ1v) is 6.93. The second-order valence-electron chi connectivity index (χ2n) is 4.58.